The molecule has 94 valence electrons. The number of carbonyl (C=O) groups is 1. The molecule has 2 rings (SSSR count). The van der Waals surface area contributed by atoms with Crippen molar-refractivity contribution in [1.82, 2.24) is 10.6 Å². The van der Waals surface area contributed by atoms with Crippen molar-refractivity contribution >= 4 is 5.91 Å². The van der Waals surface area contributed by atoms with E-state index in [1.54, 1.807) is 0 Å². The number of nitrogens with one attached hydrogen (secondary N) is 2. The number of benzene rings is 1. The zero-order valence-corrected chi connectivity index (χ0v) is 10.4. The number of hydrogen-bond donors (Lipinski definition) is 2. The lowest BCUT2D eigenvalue weighted by atomic mass is 10.0. The van der Waals surface area contributed by atoms with Crippen molar-refractivity contribution < 1.29 is 4.79 Å². The van der Waals surface area contributed by atoms with E-state index in [4.69, 9.17) is 6.42 Å². The van der Waals surface area contributed by atoms with Crippen LogP contribution in [0.5, 0.6) is 0 Å². The minimum Gasteiger partial charge on any atom is -0.348 e. The van der Waals surface area contributed by atoms with E-state index in [1.807, 2.05) is 18.2 Å². The number of hydrogen-bond acceptors (Lipinski definition) is 2. The van der Waals surface area contributed by atoms with Gasteiger partial charge >= 0.3 is 0 Å². The second-order valence-corrected chi connectivity index (χ2v) is 4.60. The molecule has 1 aliphatic rings. The Hall–Kier alpha value is -1.79. The fraction of sp³-hybridized carbons (Fsp3) is 0.400. The van der Waals surface area contributed by atoms with Crippen molar-refractivity contribution in [3.05, 3.63) is 35.9 Å². The summed E-state index contributed by atoms with van der Waals surface area (Å²) >= 11 is 0. The normalized spacial score (nSPS) is 15.7. The molecule has 1 aliphatic carbocycles. The summed E-state index contributed by atoms with van der Waals surface area (Å²) in [4.78, 5) is 11.8. The summed E-state index contributed by atoms with van der Waals surface area (Å²) in [5.74, 6) is 3.04. The van der Waals surface area contributed by atoms with Crippen molar-refractivity contribution in [1.29, 1.82) is 0 Å². The molecule has 1 amide bonds. The van der Waals surface area contributed by atoms with Gasteiger partial charge in [-0.1, -0.05) is 36.3 Å². The fourth-order valence-electron chi connectivity index (χ4n) is 2.04. The molecule has 1 atom stereocenters. The lowest BCUT2D eigenvalue weighted by molar-refractivity contribution is -0.121. The summed E-state index contributed by atoms with van der Waals surface area (Å²) in [7, 11) is 0. The third kappa shape index (κ3) is 3.61. The Morgan fingerprint density at radius 2 is 2.11 bits per heavy atom. The first-order valence-electron chi connectivity index (χ1n) is 6.29. The van der Waals surface area contributed by atoms with E-state index in [0.29, 0.717) is 12.5 Å². The van der Waals surface area contributed by atoms with Crippen LogP contribution in [0.1, 0.15) is 24.4 Å². The second kappa shape index (κ2) is 6.23. The maximum absolute atomic E-state index is 11.8. The molecule has 1 aromatic carbocycles. The number of terminal acetylenes is 1. The molecule has 0 heterocycles. The SMILES string of the molecule is C#CCNCC(=O)NC(c1ccccc1)C1CC1. The molecule has 1 unspecified atom stereocenters. The third-order valence-electron chi connectivity index (χ3n) is 3.08. The van der Waals surface area contributed by atoms with E-state index in [0.717, 1.165) is 0 Å². The zero-order valence-electron chi connectivity index (χ0n) is 10.4. The van der Waals surface area contributed by atoms with Gasteiger partial charge in [-0.05, 0) is 24.3 Å². The van der Waals surface area contributed by atoms with E-state index < -0.39 is 0 Å². The van der Waals surface area contributed by atoms with Crippen LogP contribution in [0.2, 0.25) is 0 Å². The minimum atomic E-state index is 0.00556. The van der Waals surface area contributed by atoms with Crippen LogP contribution < -0.4 is 10.6 Å². The first-order valence-corrected chi connectivity index (χ1v) is 6.29. The first kappa shape index (κ1) is 12.7. The van der Waals surface area contributed by atoms with Gasteiger partial charge in [0, 0.05) is 0 Å². The summed E-state index contributed by atoms with van der Waals surface area (Å²) in [6.07, 6.45) is 7.51. The van der Waals surface area contributed by atoms with Crippen LogP contribution in [0.15, 0.2) is 30.3 Å². The summed E-state index contributed by atoms with van der Waals surface area (Å²) in [6.45, 7) is 0.701. The summed E-state index contributed by atoms with van der Waals surface area (Å²) in [6, 6.07) is 10.3. The molecule has 0 bridgehead atoms. The number of amides is 1. The van der Waals surface area contributed by atoms with Gasteiger partial charge in [0.25, 0.3) is 0 Å². The molecule has 0 radical (unpaired) electrons. The molecular formula is C15H18N2O. The molecule has 1 saturated carbocycles. The smallest absolute Gasteiger partial charge is 0.234 e. The number of rotatable bonds is 6. The Labute approximate surface area is 108 Å². The molecule has 0 saturated heterocycles. The maximum atomic E-state index is 11.8. The highest BCUT2D eigenvalue weighted by Crippen LogP contribution is 2.40. The van der Waals surface area contributed by atoms with E-state index in [2.05, 4.69) is 28.7 Å². The monoisotopic (exact) mass is 242 g/mol. The molecule has 1 fully saturated rings. The van der Waals surface area contributed by atoms with Crippen molar-refractivity contribution in [2.45, 2.75) is 18.9 Å². The van der Waals surface area contributed by atoms with Crippen LogP contribution >= 0.6 is 0 Å². The van der Waals surface area contributed by atoms with Gasteiger partial charge in [0.1, 0.15) is 0 Å². The van der Waals surface area contributed by atoms with Crippen LogP contribution in [0, 0.1) is 18.3 Å². The average molecular weight is 242 g/mol. The van der Waals surface area contributed by atoms with Gasteiger partial charge in [0.2, 0.25) is 5.91 Å². The van der Waals surface area contributed by atoms with Gasteiger partial charge < -0.3 is 5.32 Å². The molecular weight excluding hydrogens is 224 g/mol. The molecule has 0 spiro atoms. The third-order valence-corrected chi connectivity index (χ3v) is 3.08. The molecule has 0 aromatic heterocycles. The Balaban J connectivity index is 1.91. The summed E-state index contributed by atoms with van der Waals surface area (Å²) in [5, 5.41) is 5.99. The van der Waals surface area contributed by atoms with Gasteiger partial charge in [0.05, 0.1) is 19.1 Å². The number of carbonyl (C=O) groups excluding carboxylic acids is 1. The molecule has 18 heavy (non-hydrogen) atoms. The fourth-order valence-corrected chi connectivity index (χ4v) is 2.04. The largest absolute Gasteiger partial charge is 0.348 e. The molecule has 3 heteroatoms. The van der Waals surface area contributed by atoms with Crippen LogP contribution in [0.4, 0.5) is 0 Å². The van der Waals surface area contributed by atoms with Crippen LogP contribution in [-0.2, 0) is 4.79 Å². The predicted molar refractivity (Wildman–Crippen MR) is 71.8 cm³/mol. The van der Waals surface area contributed by atoms with Gasteiger partial charge in [-0.25, -0.2) is 0 Å². The van der Waals surface area contributed by atoms with Crippen LogP contribution in [0.3, 0.4) is 0 Å². The molecule has 3 nitrogen and oxygen atoms in total. The highest BCUT2D eigenvalue weighted by Gasteiger charge is 2.33. The molecule has 2 N–H and O–H groups in total. The first-order chi connectivity index (χ1) is 8.81. The van der Waals surface area contributed by atoms with E-state index in [-0.39, 0.29) is 18.5 Å². The van der Waals surface area contributed by atoms with Crippen LogP contribution in [-0.4, -0.2) is 19.0 Å². The highest BCUT2D eigenvalue weighted by atomic mass is 16.2. The predicted octanol–water partition coefficient (Wildman–Crippen LogP) is 1.48. The quantitative estimate of drug-likeness (QED) is 0.586. The Bertz CT molecular complexity index is 432. The molecule has 1 aromatic rings. The minimum absolute atomic E-state index is 0.00556. The van der Waals surface area contributed by atoms with Gasteiger partial charge in [0.15, 0.2) is 0 Å². The van der Waals surface area contributed by atoms with Gasteiger partial charge in [-0.3, -0.25) is 10.1 Å². The lowest BCUT2D eigenvalue weighted by Gasteiger charge is -2.18. The van der Waals surface area contributed by atoms with Gasteiger partial charge in [-0.15, -0.1) is 6.42 Å². The van der Waals surface area contributed by atoms with Crippen molar-refractivity contribution in [3.63, 3.8) is 0 Å². The van der Waals surface area contributed by atoms with E-state index >= 15 is 0 Å². The van der Waals surface area contributed by atoms with E-state index in [1.165, 1.54) is 18.4 Å². The Morgan fingerprint density at radius 3 is 2.72 bits per heavy atom. The molecule has 0 aliphatic heterocycles. The average Bonchev–Trinajstić information content (AvgIpc) is 3.22. The standard InChI is InChI=1S/C15H18N2O/c1-2-10-16-11-14(18)17-15(13-8-9-13)12-6-4-3-5-7-12/h1,3-7,13,15-16H,8-11H2,(H,17,18). The Morgan fingerprint density at radius 1 is 1.39 bits per heavy atom. The second-order valence-electron chi connectivity index (χ2n) is 4.60. The maximum Gasteiger partial charge on any atom is 0.234 e. The summed E-state index contributed by atoms with van der Waals surface area (Å²) < 4.78 is 0. The summed E-state index contributed by atoms with van der Waals surface area (Å²) in [5.41, 5.74) is 1.19. The van der Waals surface area contributed by atoms with Crippen molar-refractivity contribution in [2.75, 3.05) is 13.1 Å². The topological polar surface area (TPSA) is 41.1 Å². The van der Waals surface area contributed by atoms with Crippen molar-refractivity contribution in [2.24, 2.45) is 5.92 Å². The zero-order chi connectivity index (χ0) is 12.8. The van der Waals surface area contributed by atoms with Crippen LogP contribution in [0.25, 0.3) is 0 Å². The highest BCUT2D eigenvalue weighted by molar-refractivity contribution is 5.78. The Kier molecular flexibility index (Phi) is 4.38. The van der Waals surface area contributed by atoms with Crippen molar-refractivity contribution in [3.8, 4) is 12.3 Å². The van der Waals surface area contributed by atoms with Gasteiger partial charge in [-0.2, -0.15) is 0 Å². The van der Waals surface area contributed by atoms with E-state index in [9.17, 15) is 4.79 Å². The lowest BCUT2D eigenvalue weighted by Crippen LogP contribution is -2.37.